The van der Waals surface area contributed by atoms with Crippen molar-refractivity contribution >= 4 is 15.9 Å². The van der Waals surface area contributed by atoms with Crippen LogP contribution in [0.3, 0.4) is 0 Å². The molecule has 0 radical (unpaired) electrons. The fourth-order valence-corrected chi connectivity index (χ4v) is 2.95. The Labute approximate surface area is 112 Å². The molecule has 1 aromatic rings. The van der Waals surface area contributed by atoms with Gasteiger partial charge in [0.05, 0.1) is 5.75 Å². The highest BCUT2D eigenvalue weighted by Gasteiger charge is 2.19. The molecule has 0 saturated heterocycles. The molecule has 7 heteroatoms. The second-order valence-electron chi connectivity index (χ2n) is 4.36. The van der Waals surface area contributed by atoms with Gasteiger partial charge < -0.3 is 10.8 Å². The Hall–Kier alpha value is -1.44. The number of rotatable bonds is 7. The minimum absolute atomic E-state index is 0.123. The molecule has 6 nitrogen and oxygen atoms in total. The van der Waals surface area contributed by atoms with E-state index < -0.39 is 28.6 Å². The number of primary amides is 1. The molecule has 1 aromatic carbocycles. The van der Waals surface area contributed by atoms with E-state index in [-0.39, 0.29) is 11.7 Å². The SMILES string of the molecule is CC(CS(=O)(=O)NCC(O)C(N)=O)c1ccccc1. The van der Waals surface area contributed by atoms with Crippen LogP contribution < -0.4 is 10.5 Å². The summed E-state index contributed by atoms with van der Waals surface area (Å²) in [7, 11) is -3.58. The molecule has 1 rings (SSSR count). The highest BCUT2D eigenvalue weighted by atomic mass is 32.2. The summed E-state index contributed by atoms with van der Waals surface area (Å²) in [5.74, 6) is -1.27. The third-order valence-corrected chi connectivity index (χ3v) is 4.21. The Morgan fingerprint density at radius 2 is 1.95 bits per heavy atom. The number of hydrogen-bond acceptors (Lipinski definition) is 4. The van der Waals surface area contributed by atoms with Crippen molar-refractivity contribution in [3.05, 3.63) is 35.9 Å². The Morgan fingerprint density at radius 1 is 1.37 bits per heavy atom. The second kappa shape index (κ2) is 6.65. The summed E-state index contributed by atoms with van der Waals surface area (Å²) in [5, 5.41) is 9.14. The summed E-state index contributed by atoms with van der Waals surface area (Å²) in [6, 6.07) is 9.22. The van der Waals surface area contributed by atoms with Crippen molar-refractivity contribution in [2.24, 2.45) is 5.73 Å². The van der Waals surface area contributed by atoms with Crippen molar-refractivity contribution in [3.63, 3.8) is 0 Å². The lowest BCUT2D eigenvalue weighted by molar-refractivity contribution is -0.125. The summed E-state index contributed by atoms with van der Waals surface area (Å²) < 4.78 is 25.7. The molecule has 2 unspecified atom stereocenters. The minimum Gasteiger partial charge on any atom is -0.382 e. The molecule has 0 aliphatic carbocycles. The zero-order chi connectivity index (χ0) is 14.5. The van der Waals surface area contributed by atoms with Crippen LogP contribution >= 0.6 is 0 Å². The number of amides is 1. The molecule has 106 valence electrons. The van der Waals surface area contributed by atoms with Gasteiger partial charge in [-0.05, 0) is 11.5 Å². The van der Waals surface area contributed by atoms with Crippen molar-refractivity contribution in [2.75, 3.05) is 12.3 Å². The number of nitrogens with one attached hydrogen (secondary N) is 1. The first kappa shape index (κ1) is 15.6. The molecular formula is C12H18N2O4S. The number of benzene rings is 1. The average Bonchev–Trinajstić information content (AvgIpc) is 2.36. The van der Waals surface area contributed by atoms with Gasteiger partial charge in [-0.15, -0.1) is 0 Å². The molecule has 0 fully saturated rings. The number of nitrogens with two attached hydrogens (primary N) is 1. The summed E-state index contributed by atoms with van der Waals surface area (Å²) in [6.07, 6.45) is -1.51. The van der Waals surface area contributed by atoms with Gasteiger partial charge in [-0.3, -0.25) is 4.79 Å². The lowest BCUT2D eigenvalue weighted by Crippen LogP contribution is -2.41. The maximum absolute atomic E-state index is 11.8. The first-order chi connectivity index (χ1) is 8.82. The van der Waals surface area contributed by atoms with Crippen molar-refractivity contribution in [1.29, 1.82) is 0 Å². The summed E-state index contributed by atoms with van der Waals surface area (Å²) in [4.78, 5) is 10.6. The Balaban J connectivity index is 2.58. The first-order valence-electron chi connectivity index (χ1n) is 5.81. The van der Waals surface area contributed by atoms with E-state index in [0.29, 0.717) is 0 Å². The fourth-order valence-electron chi connectivity index (χ4n) is 1.57. The number of sulfonamides is 1. The third-order valence-electron chi connectivity index (χ3n) is 2.66. The zero-order valence-electron chi connectivity index (χ0n) is 10.6. The van der Waals surface area contributed by atoms with E-state index in [0.717, 1.165) is 5.56 Å². The van der Waals surface area contributed by atoms with Crippen LogP contribution in [0.15, 0.2) is 30.3 Å². The highest BCUT2D eigenvalue weighted by molar-refractivity contribution is 7.89. The van der Waals surface area contributed by atoms with Gasteiger partial charge in [0.1, 0.15) is 6.10 Å². The molecule has 19 heavy (non-hydrogen) atoms. The smallest absolute Gasteiger partial charge is 0.247 e. The standard InChI is InChI=1S/C12H18N2O4S/c1-9(10-5-3-2-4-6-10)8-19(17,18)14-7-11(15)12(13)16/h2-6,9,11,14-15H,7-8H2,1H3,(H2,13,16). The first-order valence-corrected chi connectivity index (χ1v) is 7.46. The highest BCUT2D eigenvalue weighted by Crippen LogP contribution is 2.16. The van der Waals surface area contributed by atoms with Gasteiger partial charge in [0.25, 0.3) is 0 Å². The molecule has 0 bridgehead atoms. The number of hydrogen-bond donors (Lipinski definition) is 3. The molecule has 0 spiro atoms. The van der Waals surface area contributed by atoms with E-state index in [1.54, 1.807) is 6.92 Å². The molecule has 1 amide bonds. The van der Waals surface area contributed by atoms with Crippen LogP contribution in [0.4, 0.5) is 0 Å². The maximum Gasteiger partial charge on any atom is 0.247 e. The van der Waals surface area contributed by atoms with Gasteiger partial charge >= 0.3 is 0 Å². The molecule has 0 aliphatic heterocycles. The van der Waals surface area contributed by atoms with Crippen LogP contribution in [0.2, 0.25) is 0 Å². The van der Waals surface area contributed by atoms with Gasteiger partial charge in [-0.1, -0.05) is 37.3 Å². The van der Waals surface area contributed by atoms with Gasteiger partial charge in [-0.2, -0.15) is 0 Å². The van der Waals surface area contributed by atoms with Crippen LogP contribution in [0, 0.1) is 0 Å². The summed E-state index contributed by atoms with van der Waals surface area (Å²) in [6.45, 7) is 1.39. The molecule has 0 aliphatic rings. The Morgan fingerprint density at radius 3 is 2.47 bits per heavy atom. The summed E-state index contributed by atoms with van der Waals surface area (Å²) >= 11 is 0. The number of carbonyl (C=O) groups excluding carboxylic acids is 1. The molecule has 0 heterocycles. The Bertz CT molecular complexity index is 516. The normalized spacial score (nSPS) is 14.8. The predicted molar refractivity (Wildman–Crippen MR) is 71.8 cm³/mol. The average molecular weight is 286 g/mol. The maximum atomic E-state index is 11.8. The molecular weight excluding hydrogens is 268 g/mol. The van der Waals surface area contributed by atoms with Crippen LogP contribution in [-0.2, 0) is 14.8 Å². The van der Waals surface area contributed by atoms with E-state index in [1.807, 2.05) is 30.3 Å². The number of aliphatic hydroxyl groups is 1. The lowest BCUT2D eigenvalue weighted by Gasteiger charge is -2.14. The number of carbonyl (C=O) groups is 1. The van der Waals surface area contributed by atoms with Crippen molar-refractivity contribution in [1.82, 2.24) is 4.72 Å². The number of aliphatic hydroxyl groups excluding tert-OH is 1. The van der Waals surface area contributed by atoms with E-state index in [2.05, 4.69) is 4.72 Å². The Kier molecular flexibility index (Phi) is 5.46. The summed E-state index contributed by atoms with van der Waals surface area (Å²) in [5.41, 5.74) is 5.74. The minimum atomic E-state index is -3.58. The monoisotopic (exact) mass is 286 g/mol. The van der Waals surface area contributed by atoms with Crippen LogP contribution in [0.5, 0.6) is 0 Å². The van der Waals surface area contributed by atoms with Gasteiger partial charge in [0.2, 0.25) is 15.9 Å². The van der Waals surface area contributed by atoms with Crippen molar-refractivity contribution in [2.45, 2.75) is 18.9 Å². The van der Waals surface area contributed by atoms with Gasteiger partial charge in [-0.25, -0.2) is 13.1 Å². The van der Waals surface area contributed by atoms with Gasteiger partial charge in [0, 0.05) is 6.54 Å². The van der Waals surface area contributed by atoms with E-state index in [1.165, 1.54) is 0 Å². The molecule has 4 N–H and O–H groups in total. The van der Waals surface area contributed by atoms with Crippen LogP contribution in [0.25, 0.3) is 0 Å². The zero-order valence-corrected chi connectivity index (χ0v) is 11.4. The topological polar surface area (TPSA) is 109 Å². The predicted octanol–water partition coefficient (Wildman–Crippen LogP) is -0.444. The van der Waals surface area contributed by atoms with Crippen LogP contribution in [0.1, 0.15) is 18.4 Å². The van der Waals surface area contributed by atoms with E-state index in [4.69, 9.17) is 10.8 Å². The molecule has 0 saturated carbocycles. The molecule has 0 aromatic heterocycles. The van der Waals surface area contributed by atoms with Crippen molar-refractivity contribution in [3.8, 4) is 0 Å². The second-order valence-corrected chi connectivity index (χ2v) is 6.21. The van der Waals surface area contributed by atoms with E-state index >= 15 is 0 Å². The van der Waals surface area contributed by atoms with E-state index in [9.17, 15) is 13.2 Å². The fraction of sp³-hybridized carbons (Fsp3) is 0.417. The van der Waals surface area contributed by atoms with Gasteiger partial charge in [0.15, 0.2) is 0 Å². The van der Waals surface area contributed by atoms with Crippen LogP contribution in [-0.4, -0.2) is 37.8 Å². The largest absolute Gasteiger partial charge is 0.382 e. The van der Waals surface area contributed by atoms with Crippen molar-refractivity contribution < 1.29 is 18.3 Å². The third kappa shape index (κ3) is 5.37. The lowest BCUT2D eigenvalue weighted by atomic mass is 10.0. The molecule has 2 atom stereocenters. The quantitative estimate of drug-likeness (QED) is 0.631.